The van der Waals surface area contributed by atoms with Crippen LogP contribution in [-0.2, 0) is 0 Å². The van der Waals surface area contributed by atoms with Crippen LogP contribution in [0.25, 0.3) is 10.4 Å². The molecule has 4 N–H and O–H groups in total. The Hall–Kier alpha value is -1.92. The van der Waals surface area contributed by atoms with Gasteiger partial charge < -0.3 is 16.4 Å². The van der Waals surface area contributed by atoms with Crippen LogP contribution in [0.15, 0.2) is 24.3 Å². The van der Waals surface area contributed by atoms with Crippen LogP contribution in [0.1, 0.15) is 22.5 Å². The van der Waals surface area contributed by atoms with Crippen molar-refractivity contribution in [1.82, 2.24) is 9.88 Å². The molecule has 1 aliphatic carbocycles. The number of likely N-dealkylation sites (tertiary alicyclic amines) is 1. The molecule has 6 heteroatoms. The summed E-state index contributed by atoms with van der Waals surface area (Å²) >= 11 is 1.37. The molecule has 4 rings (SSSR count). The highest BCUT2D eigenvalue weighted by Gasteiger charge is 2.53. The van der Waals surface area contributed by atoms with E-state index in [0.717, 1.165) is 22.5 Å². The van der Waals surface area contributed by atoms with Crippen molar-refractivity contribution in [3.63, 3.8) is 0 Å². The normalized spacial score (nSPS) is 25.5. The van der Waals surface area contributed by atoms with Crippen molar-refractivity contribution in [3.05, 3.63) is 35.5 Å². The van der Waals surface area contributed by atoms with Crippen LogP contribution < -0.4 is 11.5 Å². The SMILES string of the molecule is Cc1cccc(-c2sc(N)nc2C(=O)N2CC3CC3C2CN)c1. The zero-order chi connectivity index (χ0) is 16.1. The van der Waals surface area contributed by atoms with E-state index in [9.17, 15) is 4.79 Å². The molecule has 0 spiro atoms. The van der Waals surface area contributed by atoms with Gasteiger partial charge in [0.2, 0.25) is 0 Å². The van der Waals surface area contributed by atoms with E-state index in [-0.39, 0.29) is 11.9 Å². The summed E-state index contributed by atoms with van der Waals surface area (Å²) in [7, 11) is 0. The summed E-state index contributed by atoms with van der Waals surface area (Å²) in [5.74, 6) is 1.19. The molecule has 1 aliphatic heterocycles. The van der Waals surface area contributed by atoms with E-state index in [1.165, 1.54) is 17.8 Å². The number of fused-ring (bicyclic) bond motifs is 1. The van der Waals surface area contributed by atoms with E-state index >= 15 is 0 Å². The number of amides is 1. The van der Waals surface area contributed by atoms with Gasteiger partial charge in [0.1, 0.15) is 5.69 Å². The number of piperidine rings is 1. The number of benzene rings is 1. The number of anilines is 1. The number of thiazole rings is 1. The largest absolute Gasteiger partial charge is 0.375 e. The summed E-state index contributed by atoms with van der Waals surface area (Å²) in [5, 5.41) is 0.429. The van der Waals surface area contributed by atoms with Crippen LogP contribution in [0, 0.1) is 18.8 Å². The standard InChI is InChI=1S/C17H20N4OS/c1-9-3-2-4-10(5-9)15-14(20-17(19)23-15)16(22)21-8-11-6-12(11)13(21)7-18/h2-5,11-13H,6-8,18H2,1H3,(H2,19,20). The number of rotatable bonds is 3. The van der Waals surface area contributed by atoms with Gasteiger partial charge in [-0.3, -0.25) is 4.79 Å². The van der Waals surface area contributed by atoms with Crippen LogP contribution in [0.2, 0.25) is 0 Å². The summed E-state index contributed by atoms with van der Waals surface area (Å²) in [6.45, 7) is 3.36. The minimum Gasteiger partial charge on any atom is -0.375 e. The van der Waals surface area contributed by atoms with Gasteiger partial charge in [-0.2, -0.15) is 0 Å². The summed E-state index contributed by atoms with van der Waals surface area (Å²) in [5.41, 5.74) is 14.4. The maximum Gasteiger partial charge on any atom is 0.274 e. The molecule has 0 bridgehead atoms. The van der Waals surface area contributed by atoms with Crippen LogP contribution >= 0.6 is 11.3 Å². The molecule has 2 heterocycles. The average Bonchev–Trinajstić information content (AvgIpc) is 3.03. The molecule has 1 saturated heterocycles. The number of carbonyl (C=O) groups is 1. The van der Waals surface area contributed by atoms with Crippen molar-refractivity contribution in [2.75, 3.05) is 18.8 Å². The molecule has 23 heavy (non-hydrogen) atoms. The Kier molecular flexibility index (Phi) is 3.39. The van der Waals surface area contributed by atoms with Crippen molar-refractivity contribution >= 4 is 22.4 Å². The molecule has 1 saturated carbocycles. The van der Waals surface area contributed by atoms with Crippen LogP contribution in [0.5, 0.6) is 0 Å². The molecular formula is C17H20N4OS. The highest BCUT2D eigenvalue weighted by molar-refractivity contribution is 7.19. The van der Waals surface area contributed by atoms with Crippen molar-refractivity contribution in [2.24, 2.45) is 17.6 Å². The zero-order valence-corrected chi connectivity index (χ0v) is 13.8. The first kappa shape index (κ1) is 14.7. The number of aryl methyl sites for hydroxylation is 1. The van der Waals surface area contributed by atoms with Crippen LogP contribution in [-0.4, -0.2) is 34.9 Å². The molecule has 1 aromatic carbocycles. The second-order valence-corrected chi connectivity index (χ2v) is 7.55. The molecule has 120 valence electrons. The van der Waals surface area contributed by atoms with Gasteiger partial charge in [-0.15, -0.1) is 0 Å². The lowest BCUT2D eigenvalue weighted by Crippen LogP contribution is -2.43. The Morgan fingerprint density at radius 1 is 1.48 bits per heavy atom. The lowest BCUT2D eigenvalue weighted by Gasteiger charge is -2.26. The molecule has 1 aromatic heterocycles. The number of carbonyl (C=O) groups excluding carboxylic acids is 1. The molecule has 2 fully saturated rings. The van der Waals surface area contributed by atoms with E-state index in [0.29, 0.717) is 29.2 Å². The van der Waals surface area contributed by atoms with Crippen LogP contribution in [0.3, 0.4) is 0 Å². The van der Waals surface area contributed by atoms with Gasteiger partial charge in [0.05, 0.1) is 4.88 Å². The van der Waals surface area contributed by atoms with Crippen LogP contribution in [0.4, 0.5) is 5.13 Å². The van der Waals surface area contributed by atoms with E-state index < -0.39 is 0 Å². The Bertz CT molecular complexity index is 772. The average molecular weight is 328 g/mol. The number of nitrogens with two attached hydrogens (primary N) is 2. The second kappa shape index (κ2) is 5.32. The Morgan fingerprint density at radius 3 is 3.04 bits per heavy atom. The lowest BCUT2D eigenvalue weighted by atomic mass is 10.1. The second-order valence-electron chi connectivity index (χ2n) is 6.52. The van der Waals surface area contributed by atoms with Gasteiger partial charge >= 0.3 is 0 Å². The third kappa shape index (κ3) is 2.42. The van der Waals surface area contributed by atoms with Gasteiger partial charge in [-0.25, -0.2) is 4.98 Å². The monoisotopic (exact) mass is 328 g/mol. The first-order valence-electron chi connectivity index (χ1n) is 7.93. The highest BCUT2D eigenvalue weighted by Crippen LogP contribution is 2.49. The Morgan fingerprint density at radius 2 is 2.30 bits per heavy atom. The Labute approximate surface area is 139 Å². The van der Waals surface area contributed by atoms with Gasteiger partial charge in [0, 0.05) is 19.1 Å². The maximum atomic E-state index is 13.0. The summed E-state index contributed by atoms with van der Waals surface area (Å²) in [6, 6.07) is 8.24. The topological polar surface area (TPSA) is 85.2 Å². The molecule has 0 radical (unpaired) electrons. The van der Waals surface area contributed by atoms with E-state index in [2.05, 4.69) is 11.1 Å². The summed E-state index contributed by atoms with van der Waals surface area (Å²) in [4.78, 5) is 20.1. The van der Waals surface area contributed by atoms with E-state index in [4.69, 9.17) is 11.5 Å². The zero-order valence-electron chi connectivity index (χ0n) is 13.0. The fraction of sp³-hybridized carbons (Fsp3) is 0.412. The molecule has 3 unspecified atom stereocenters. The van der Waals surface area contributed by atoms with E-state index in [1.807, 2.05) is 30.0 Å². The minimum absolute atomic E-state index is 0.0305. The molecule has 2 aliphatic rings. The molecule has 5 nitrogen and oxygen atoms in total. The van der Waals surface area contributed by atoms with E-state index in [1.54, 1.807) is 0 Å². The van der Waals surface area contributed by atoms with Gasteiger partial charge in [0.25, 0.3) is 5.91 Å². The summed E-state index contributed by atoms with van der Waals surface area (Å²) in [6.07, 6.45) is 1.20. The maximum absolute atomic E-state index is 13.0. The molecular weight excluding hydrogens is 308 g/mol. The fourth-order valence-electron chi connectivity index (χ4n) is 3.71. The number of hydrogen-bond donors (Lipinski definition) is 2. The van der Waals surface area contributed by atoms with Gasteiger partial charge in [-0.1, -0.05) is 41.2 Å². The third-order valence-electron chi connectivity index (χ3n) is 4.93. The summed E-state index contributed by atoms with van der Waals surface area (Å²) < 4.78 is 0. The van der Waals surface area contributed by atoms with Crippen molar-refractivity contribution in [3.8, 4) is 10.4 Å². The predicted octanol–water partition coefficient (Wildman–Crippen LogP) is 2.12. The Balaban J connectivity index is 1.70. The fourth-order valence-corrected chi connectivity index (χ4v) is 4.53. The minimum atomic E-state index is -0.0305. The van der Waals surface area contributed by atoms with Crippen molar-refractivity contribution < 1.29 is 4.79 Å². The van der Waals surface area contributed by atoms with Crippen molar-refractivity contribution in [2.45, 2.75) is 19.4 Å². The predicted molar refractivity (Wildman–Crippen MR) is 92.2 cm³/mol. The van der Waals surface area contributed by atoms with Gasteiger partial charge in [-0.05, 0) is 30.7 Å². The number of nitrogen functional groups attached to an aromatic ring is 1. The third-order valence-corrected chi connectivity index (χ3v) is 5.87. The molecule has 1 amide bonds. The lowest BCUT2D eigenvalue weighted by molar-refractivity contribution is 0.0708. The quantitative estimate of drug-likeness (QED) is 0.904. The number of hydrogen-bond acceptors (Lipinski definition) is 5. The van der Waals surface area contributed by atoms with Gasteiger partial charge in [0.15, 0.2) is 5.13 Å². The first-order valence-corrected chi connectivity index (χ1v) is 8.74. The number of aromatic nitrogens is 1. The molecule has 2 aromatic rings. The highest BCUT2D eigenvalue weighted by atomic mass is 32.1. The molecule has 3 atom stereocenters. The van der Waals surface area contributed by atoms with Crippen molar-refractivity contribution in [1.29, 1.82) is 0 Å². The smallest absolute Gasteiger partial charge is 0.274 e. The first-order chi connectivity index (χ1) is 11.1. The number of nitrogens with zero attached hydrogens (tertiary/aromatic N) is 2.